The summed E-state index contributed by atoms with van der Waals surface area (Å²) in [7, 11) is 0. The van der Waals surface area contributed by atoms with Crippen LogP contribution in [0.25, 0.3) is 22.5 Å². The number of amides is 5. The number of fused-ring (bicyclic) bond motifs is 1. The summed E-state index contributed by atoms with van der Waals surface area (Å²) in [6, 6.07) is 78.9. The molecule has 1 N–H and O–H groups in total. The van der Waals surface area contributed by atoms with E-state index in [-0.39, 0.29) is 107 Å². The molecule has 31 nitrogen and oxygen atoms in total. The molecule has 144 heavy (non-hydrogen) atoms. The molecule has 0 saturated carbocycles. The fourth-order valence-electron chi connectivity index (χ4n) is 17.9. The van der Waals surface area contributed by atoms with Crippen LogP contribution in [0.2, 0.25) is 0 Å². The van der Waals surface area contributed by atoms with Crippen molar-refractivity contribution in [1.82, 2.24) is 79.4 Å². The number of hydrazine groups is 3. The number of hydrogen-bond donors (Lipinski definition) is 1. The van der Waals surface area contributed by atoms with Gasteiger partial charge in [0.2, 0.25) is 17.7 Å². The first-order valence-electron chi connectivity index (χ1n) is 47.6. The molecule has 0 spiro atoms. The van der Waals surface area contributed by atoms with E-state index in [1.807, 2.05) is 114 Å². The standard InChI is InChI=1S/2C28H28FN3O4.C26H24FN5O3.C15H20FN3O2.C11H7ClN2O2/c2*29-23-11-9-21(10-12-23)17-27(33)31-19-24(30-13-15-35-16-14-30)20-32(31)28(34)22-5-4-8-26(18-22)36-25-6-2-1-3-7-25;27-19-8-6-18(7-9-19)23-24(22-10-11-28-26(29-22)35-21-4-2-1-3-5-21)31-16-20(17-32(31)25(23)33)30-12-14-34-15-13-30;16-13-3-1-12(2-4-13)9-15(20)19-11-14(10-17-19)18-5-7-21-8-6-18;12-10(15)9-6-7-13-11(14-9)16-8-4-2-1-3-5-8/h2*1-12,18,24H,13-17,19-20H2;1-11,20H,12-17H2;1-4,14,17H,5-11H2;1-7H. The average Bonchev–Trinajstić information content (AvgIpc) is 1.58. The third kappa shape index (κ3) is 27.0. The minimum Gasteiger partial charge on any atom is -0.457 e. The lowest BCUT2D eigenvalue weighted by Crippen LogP contribution is -2.46. The smallest absolute Gasteiger partial charge is 0.322 e. The van der Waals surface area contributed by atoms with E-state index in [0.717, 1.165) is 77.7 Å². The molecule has 13 aromatic rings. The molecule has 3 aromatic heterocycles. The maximum atomic E-state index is 13.7. The lowest BCUT2D eigenvalue weighted by molar-refractivity contribution is -0.140. The Morgan fingerprint density at radius 1 is 0.354 bits per heavy atom. The normalized spacial score (nSPS) is 18.0. The zero-order chi connectivity index (χ0) is 99.6. The second-order valence-electron chi connectivity index (χ2n) is 34.8. The van der Waals surface area contributed by atoms with Crippen LogP contribution in [0.1, 0.15) is 47.9 Å². The first kappa shape index (κ1) is 101. The molecule has 4 atom stereocenters. The van der Waals surface area contributed by atoms with Crippen LogP contribution >= 0.6 is 11.6 Å². The maximum Gasteiger partial charge on any atom is 0.322 e. The van der Waals surface area contributed by atoms with E-state index in [0.29, 0.717) is 177 Å². The number of carbonyl (C=O) groups excluding carboxylic acids is 6. The highest BCUT2D eigenvalue weighted by Crippen LogP contribution is 2.36. The van der Waals surface area contributed by atoms with Crippen molar-refractivity contribution < 1.29 is 84.2 Å². The summed E-state index contributed by atoms with van der Waals surface area (Å²) in [5.41, 5.74) is 8.65. The highest BCUT2D eigenvalue weighted by Gasteiger charge is 2.43. The largest absolute Gasteiger partial charge is 0.457 e. The van der Waals surface area contributed by atoms with Crippen molar-refractivity contribution in [3.63, 3.8) is 0 Å². The molecule has 21 rings (SSSR count). The van der Waals surface area contributed by atoms with E-state index >= 15 is 0 Å². The van der Waals surface area contributed by atoms with Crippen LogP contribution in [0.4, 0.5) is 17.6 Å². The molecule has 0 radical (unpaired) electrons. The average molecular weight is 1980 g/mol. The Balaban J connectivity index is 0.000000127. The van der Waals surface area contributed by atoms with Crippen molar-refractivity contribution >= 4 is 46.4 Å². The van der Waals surface area contributed by atoms with Crippen molar-refractivity contribution in [2.45, 2.75) is 56.5 Å². The van der Waals surface area contributed by atoms with Crippen LogP contribution in [0, 0.1) is 23.3 Å². The summed E-state index contributed by atoms with van der Waals surface area (Å²) in [5, 5.41) is 7.19. The summed E-state index contributed by atoms with van der Waals surface area (Å²) in [6.07, 6.45) is 3.50. The number of aromatic nitrogens is 6. The zero-order valence-corrected chi connectivity index (χ0v) is 79.6. The molecule has 4 unspecified atom stereocenters. The predicted octanol–water partition coefficient (Wildman–Crippen LogP) is 14.0. The number of halogens is 5. The molecule has 8 aliphatic rings. The second kappa shape index (κ2) is 49.3. The van der Waals surface area contributed by atoms with E-state index in [9.17, 15) is 51.1 Å². The Labute approximate surface area is 834 Å². The second-order valence-corrected chi connectivity index (χ2v) is 35.2. The number of rotatable bonds is 23. The summed E-state index contributed by atoms with van der Waals surface area (Å²) in [5.74, 6) is 1.39. The van der Waals surface area contributed by atoms with E-state index in [1.54, 1.807) is 131 Å². The molecule has 11 heterocycles. The summed E-state index contributed by atoms with van der Waals surface area (Å²) < 4.78 is 102. The maximum absolute atomic E-state index is 13.7. The molecule has 0 bridgehead atoms. The fourth-order valence-corrected chi connectivity index (χ4v) is 18.0. The minimum atomic E-state index is -0.639. The summed E-state index contributed by atoms with van der Waals surface area (Å²) in [6.45, 7) is 16.3. The predicted molar refractivity (Wildman–Crippen MR) is 527 cm³/mol. The van der Waals surface area contributed by atoms with E-state index in [4.69, 9.17) is 49.5 Å². The van der Waals surface area contributed by atoms with Gasteiger partial charge < -0.3 is 37.9 Å². The van der Waals surface area contributed by atoms with Crippen molar-refractivity contribution in [1.29, 1.82) is 0 Å². The van der Waals surface area contributed by atoms with E-state index in [2.05, 4.69) is 45.0 Å². The van der Waals surface area contributed by atoms with Gasteiger partial charge in [0.15, 0.2) is 0 Å². The van der Waals surface area contributed by atoms with Gasteiger partial charge in [-0.25, -0.2) is 57.7 Å². The Morgan fingerprint density at radius 2 is 0.701 bits per heavy atom. The highest BCUT2D eigenvalue weighted by molar-refractivity contribution is 6.67. The van der Waals surface area contributed by atoms with Crippen LogP contribution in [-0.4, -0.2) is 277 Å². The van der Waals surface area contributed by atoms with E-state index in [1.165, 1.54) is 80.8 Å². The highest BCUT2D eigenvalue weighted by atomic mass is 35.5. The number of nitrogens with one attached hydrogen (secondary N) is 1. The van der Waals surface area contributed by atoms with Crippen LogP contribution in [0.3, 0.4) is 0 Å². The van der Waals surface area contributed by atoms with Crippen LogP contribution in [0.15, 0.2) is 296 Å². The summed E-state index contributed by atoms with van der Waals surface area (Å²) >= 11 is 5.29. The molecule has 8 aliphatic heterocycles. The Bertz CT molecular complexity index is 6350. The number of para-hydroxylation sites is 4. The SMILES string of the molecule is O=C(Cc1ccc(F)cc1)N1CC(N2CCOCC2)CN1.O=C(Cc1ccc(F)cc1)N1CC(N2CCOCC2)CN1C(=O)c1cccc(Oc2ccccc2)c1.O=C(Cc1ccc(F)cc1)N1CC(N2CCOCC2)CN1C(=O)c1cccc(Oc2ccccc2)c1.O=C(Cl)c1ccnc(Oc2ccccc2)n1.O=c1c(-c2ccc(F)cc2)c(-c2ccnc(Oc3ccccc3)n2)n2n1CC(N1CCOCC1)C2. The molecule has 7 fully saturated rings. The quantitative estimate of drug-likeness (QED) is 0.0459. The van der Waals surface area contributed by atoms with E-state index < -0.39 is 5.24 Å². The lowest BCUT2D eigenvalue weighted by atomic mass is 10.0. The third-order valence-corrected chi connectivity index (χ3v) is 25.5. The number of benzene rings is 10. The molecule has 0 aliphatic carbocycles. The molecule has 5 amide bonds. The number of nitrogens with zero attached hydrogens (tertiary/aromatic N) is 15. The minimum absolute atomic E-state index is 0.0127. The molecule has 7 saturated heterocycles. The zero-order valence-electron chi connectivity index (χ0n) is 78.8. The first-order chi connectivity index (χ1) is 70.3. The Hall–Kier alpha value is -14.8. The third-order valence-electron chi connectivity index (χ3n) is 25.3. The van der Waals surface area contributed by atoms with Gasteiger partial charge in [0.05, 0.1) is 135 Å². The lowest BCUT2D eigenvalue weighted by Gasteiger charge is -2.31. The molecule has 744 valence electrons. The van der Waals surface area contributed by atoms with Gasteiger partial charge in [-0.3, -0.25) is 62.9 Å². The number of ether oxygens (including phenoxy) is 8. The van der Waals surface area contributed by atoms with Gasteiger partial charge in [0.1, 0.15) is 63.5 Å². The van der Waals surface area contributed by atoms with Crippen molar-refractivity contribution in [3.05, 3.63) is 359 Å². The number of hydrogen-bond acceptors (Lipinski definition) is 24. The van der Waals surface area contributed by atoms with Gasteiger partial charge in [-0.1, -0.05) is 133 Å². The van der Waals surface area contributed by atoms with Crippen molar-refractivity contribution in [3.8, 4) is 69.0 Å². The van der Waals surface area contributed by atoms with Gasteiger partial charge in [-0.05, 0) is 179 Å². The first-order valence-corrected chi connectivity index (χ1v) is 48.0. The molecule has 10 aromatic carbocycles. The molecule has 36 heteroatoms. The fraction of sp³-hybridized carbons (Fsp3) is 0.287. The van der Waals surface area contributed by atoms with Crippen LogP contribution in [-0.2, 0) is 65.7 Å². The monoisotopic (exact) mass is 1980 g/mol. The Kier molecular flexibility index (Phi) is 34.5. The molecular formula is C108H107ClF4N16O15. The molecular weight excluding hydrogens is 1870 g/mol. The van der Waals surface area contributed by atoms with Gasteiger partial charge in [-0.15, -0.1) is 0 Å². The van der Waals surface area contributed by atoms with Crippen molar-refractivity contribution in [2.24, 2.45) is 0 Å². The van der Waals surface area contributed by atoms with Crippen LogP contribution in [0.5, 0.6) is 46.5 Å². The van der Waals surface area contributed by atoms with Crippen LogP contribution < -0.4 is 29.9 Å². The topological polar surface area (TPSA) is 296 Å². The number of carbonyl (C=O) groups is 6. The van der Waals surface area contributed by atoms with Gasteiger partial charge in [-0.2, -0.15) is 9.97 Å². The van der Waals surface area contributed by atoms with Crippen molar-refractivity contribution in [2.75, 3.05) is 144 Å². The van der Waals surface area contributed by atoms with Gasteiger partial charge in [0.25, 0.3) is 22.6 Å². The number of morpholine rings is 4. The Morgan fingerprint density at radius 3 is 1.11 bits per heavy atom. The van der Waals surface area contributed by atoms with Gasteiger partial charge in [0, 0.05) is 107 Å². The van der Waals surface area contributed by atoms with Gasteiger partial charge >= 0.3 is 12.0 Å². The summed E-state index contributed by atoms with van der Waals surface area (Å²) in [4.78, 5) is 117.